The summed E-state index contributed by atoms with van der Waals surface area (Å²) < 4.78 is 30.7. The molecule has 1 saturated carbocycles. The fourth-order valence-electron chi connectivity index (χ4n) is 2.87. The van der Waals surface area contributed by atoms with Gasteiger partial charge in [-0.2, -0.15) is 0 Å². The number of sulfonamides is 1. The molecule has 2 rings (SSSR count). The average Bonchev–Trinajstić information content (AvgIpc) is 2.97. The van der Waals surface area contributed by atoms with Crippen LogP contribution in [0.4, 0.5) is 0 Å². The zero-order valence-corrected chi connectivity index (χ0v) is 13.2. The number of aliphatic hydroxyl groups excluding tert-OH is 1. The van der Waals surface area contributed by atoms with Crippen LogP contribution in [0.15, 0.2) is 21.6 Å². The Balaban J connectivity index is 1.83. The largest absolute Gasteiger partial charge is 0.447 e. The first-order valence-electron chi connectivity index (χ1n) is 7.40. The average molecular weight is 316 g/mol. The maximum Gasteiger partial charge on any atom is 0.273 e. The number of hydrogen-bond donors (Lipinski definition) is 3. The van der Waals surface area contributed by atoms with Gasteiger partial charge in [-0.25, -0.2) is 13.1 Å². The number of nitrogens with one attached hydrogen (secondary N) is 2. The van der Waals surface area contributed by atoms with Gasteiger partial charge in [-0.15, -0.1) is 0 Å². The molecule has 0 bridgehead atoms. The summed E-state index contributed by atoms with van der Waals surface area (Å²) in [5, 5.41) is 12.6. The lowest BCUT2D eigenvalue weighted by Gasteiger charge is -2.30. The van der Waals surface area contributed by atoms with Crippen LogP contribution in [-0.4, -0.2) is 33.7 Å². The highest BCUT2D eigenvalue weighted by Gasteiger charge is 2.24. The highest BCUT2D eigenvalue weighted by molar-refractivity contribution is 7.89. The van der Waals surface area contributed by atoms with Crippen LogP contribution in [0.25, 0.3) is 0 Å². The first-order valence-corrected chi connectivity index (χ1v) is 8.89. The number of aliphatic hydroxyl groups is 1. The Kier molecular flexibility index (Phi) is 5.80. The summed E-state index contributed by atoms with van der Waals surface area (Å²) in [4.78, 5) is 0. The number of rotatable bonds is 7. The van der Waals surface area contributed by atoms with Crippen molar-refractivity contribution in [2.24, 2.45) is 11.8 Å². The highest BCUT2D eigenvalue weighted by Crippen LogP contribution is 2.29. The van der Waals surface area contributed by atoms with E-state index >= 15 is 0 Å². The van der Waals surface area contributed by atoms with Gasteiger partial charge >= 0.3 is 0 Å². The van der Waals surface area contributed by atoms with Crippen LogP contribution in [0.5, 0.6) is 0 Å². The van der Waals surface area contributed by atoms with Gasteiger partial charge in [0.1, 0.15) is 5.76 Å². The van der Waals surface area contributed by atoms with E-state index in [0.717, 1.165) is 19.4 Å². The van der Waals surface area contributed by atoms with Crippen LogP contribution in [0.2, 0.25) is 0 Å². The summed E-state index contributed by atoms with van der Waals surface area (Å²) in [6, 6.07) is 3.13. The first-order chi connectivity index (χ1) is 10.1. The molecular formula is C14H24N2O4S. The molecule has 0 radical (unpaired) electrons. The van der Waals surface area contributed by atoms with E-state index in [4.69, 9.17) is 4.42 Å². The lowest BCUT2D eigenvalue weighted by atomic mass is 9.79. The zero-order valence-electron chi connectivity index (χ0n) is 12.3. The van der Waals surface area contributed by atoms with Crippen molar-refractivity contribution in [2.45, 2.75) is 37.3 Å². The molecule has 0 saturated heterocycles. The van der Waals surface area contributed by atoms with E-state index in [9.17, 15) is 13.5 Å². The van der Waals surface area contributed by atoms with E-state index in [2.05, 4.69) is 10.0 Å². The number of hydrogen-bond acceptors (Lipinski definition) is 5. The van der Waals surface area contributed by atoms with Crippen LogP contribution >= 0.6 is 0 Å². The van der Waals surface area contributed by atoms with Crippen LogP contribution in [0.1, 0.15) is 31.4 Å². The van der Waals surface area contributed by atoms with E-state index in [-0.39, 0.29) is 11.7 Å². The maximum atomic E-state index is 11.6. The Morgan fingerprint density at radius 3 is 2.67 bits per heavy atom. The van der Waals surface area contributed by atoms with Gasteiger partial charge in [0, 0.05) is 6.61 Å². The molecule has 0 aromatic carbocycles. The minimum absolute atomic E-state index is 0.0623. The molecule has 0 spiro atoms. The maximum absolute atomic E-state index is 11.6. The van der Waals surface area contributed by atoms with Gasteiger partial charge in [0.2, 0.25) is 5.09 Å². The van der Waals surface area contributed by atoms with Crippen LogP contribution < -0.4 is 10.0 Å². The van der Waals surface area contributed by atoms with Crippen molar-refractivity contribution in [1.29, 1.82) is 0 Å². The summed E-state index contributed by atoms with van der Waals surface area (Å²) in [6.07, 6.45) is 4.64. The molecule has 2 unspecified atom stereocenters. The topological polar surface area (TPSA) is 91.6 Å². The minimum atomic E-state index is -3.51. The monoisotopic (exact) mass is 316 g/mol. The van der Waals surface area contributed by atoms with E-state index in [1.54, 1.807) is 6.07 Å². The lowest BCUT2D eigenvalue weighted by Crippen LogP contribution is -2.32. The molecule has 0 amide bonds. The third-order valence-electron chi connectivity index (χ3n) is 4.18. The molecule has 0 aliphatic heterocycles. The summed E-state index contributed by atoms with van der Waals surface area (Å²) in [5.74, 6) is 1.46. The standard InChI is InChI=1S/C14H24N2O4S/c1-15-21(18,19)14-7-6-13(20-14)9-16-8-11-4-2-3-5-12(11)10-17/h6-7,11-12,15-17H,2-5,8-10H2,1H3. The second-order valence-electron chi connectivity index (χ2n) is 5.55. The van der Waals surface area contributed by atoms with Gasteiger partial charge in [-0.1, -0.05) is 12.8 Å². The zero-order chi connectivity index (χ0) is 15.3. The molecule has 1 aliphatic rings. The van der Waals surface area contributed by atoms with Crippen LogP contribution in [-0.2, 0) is 16.6 Å². The predicted molar refractivity (Wildman–Crippen MR) is 79.2 cm³/mol. The summed E-state index contributed by atoms with van der Waals surface area (Å²) in [7, 11) is -2.16. The van der Waals surface area contributed by atoms with Gasteiger partial charge in [0.25, 0.3) is 10.0 Å². The Morgan fingerprint density at radius 2 is 2.00 bits per heavy atom. The summed E-state index contributed by atoms with van der Waals surface area (Å²) in [6.45, 7) is 1.56. The molecular weight excluding hydrogens is 292 g/mol. The molecule has 3 N–H and O–H groups in total. The predicted octanol–water partition coefficient (Wildman–Crippen LogP) is 1.08. The van der Waals surface area contributed by atoms with Gasteiger partial charge in [0.15, 0.2) is 0 Å². The Labute approximate surface area is 126 Å². The van der Waals surface area contributed by atoms with Gasteiger partial charge in [-0.3, -0.25) is 0 Å². The van der Waals surface area contributed by atoms with Crippen LogP contribution in [0, 0.1) is 11.8 Å². The van der Waals surface area contributed by atoms with Crippen molar-refractivity contribution < 1.29 is 17.9 Å². The molecule has 1 aromatic rings. The number of furan rings is 1. The lowest BCUT2D eigenvalue weighted by molar-refractivity contribution is 0.132. The highest BCUT2D eigenvalue weighted by atomic mass is 32.2. The first kappa shape index (κ1) is 16.5. The molecule has 6 nitrogen and oxygen atoms in total. The Bertz CT molecular complexity index is 541. The smallest absolute Gasteiger partial charge is 0.273 e. The van der Waals surface area contributed by atoms with E-state index in [1.165, 1.54) is 26.0 Å². The summed E-state index contributed by atoms with van der Waals surface area (Å²) >= 11 is 0. The normalized spacial score (nSPS) is 23.3. The SMILES string of the molecule is CNS(=O)(=O)c1ccc(CNCC2CCCCC2CO)o1. The molecule has 1 aromatic heterocycles. The van der Waals surface area contributed by atoms with E-state index < -0.39 is 10.0 Å². The van der Waals surface area contributed by atoms with Crippen molar-refractivity contribution in [2.75, 3.05) is 20.2 Å². The summed E-state index contributed by atoms with van der Waals surface area (Å²) in [5.41, 5.74) is 0. The van der Waals surface area contributed by atoms with Crippen molar-refractivity contribution >= 4 is 10.0 Å². The molecule has 1 fully saturated rings. The van der Waals surface area contributed by atoms with Crippen molar-refractivity contribution in [3.63, 3.8) is 0 Å². The Hall–Kier alpha value is -0.890. The molecule has 1 heterocycles. The molecule has 2 atom stereocenters. The fraction of sp³-hybridized carbons (Fsp3) is 0.714. The van der Waals surface area contributed by atoms with Crippen LogP contribution in [0.3, 0.4) is 0 Å². The molecule has 120 valence electrons. The second-order valence-corrected chi connectivity index (χ2v) is 7.36. The molecule has 1 aliphatic carbocycles. The fourth-order valence-corrected chi connectivity index (χ4v) is 3.54. The Morgan fingerprint density at radius 1 is 1.29 bits per heavy atom. The van der Waals surface area contributed by atoms with Crippen molar-refractivity contribution in [3.8, 4) is 0 Å². The minimum Gasteiger partial charge on any atom is -0.447 e. The van der Waals surface area contributed by atoms with E-state index in [0.29, 0.717) is 24.1 Å². The quantitative estimate of drug-likeness (QED) is 0.700. The van der Waals surface area contributed by atoms with Gasteiger partial charge < -0.3 is 14.8 Å². The molecule has 7 heteroatoms. The van der Waals surface area contributed by atoms with Crippen molar-refractivity contribution in [3.05, 3.63) is 17.9 Å². The second kappa shape index (κ2) is 7.40. The molecule has 21 heavy (non-hydrogen) atoms. The third kappa shape index (κ3) is 4.29. The van der Waals surface area contributed by atoms with E-state index in [1.807, 2.05) is 0 Å². The van der Waals surface area contributed by atoms with Crippen molar-refractivity contribution in [1.82, 2.24) is 10.0 Å². The van der Waals surface area contributed by atoms with Gasteiger partial charge in [-0.05, 0) is 50.4 Å². The third-order valence-corrected chi connectivity index (χ3v) is 5.46. The van der Waals surface area contributed by atoms with Gasteiger partial charge in [0.05, 0.1) is 6.54 Å².